The summed E-state index contributed by atoms with van der Waals surface area (Å²) in [6.45, 7) is 0.0371. The Morgan fingerprint density at radius 1 is 1.53 bits per heavy atom. The number of nitrogens with zero attached hydrogens (tertiary/aromatic N) is 5. The maximum atomic E-state index is 11.6. The van der Waals surface area contributed by atoms with E-state index in [9.17, 15) is 15.0 Å². The minimum Gasteiger partial charge on any atom is -0.390 e. The molecule has 2 unspecified atom stereocenters. The van der Waals surface area contributed by atoms with Crippen LogP contribution in [-0.4, -0.2) is 43.0 Å². The SMILES string of the molecule is [N-]=[N+]=NCCC(O)C(O)c1[nH]nc2nc[nH]c(=O)c12. The predicted octanol–water partition coefficient (Wildman–Crippen LogP) is -0.259. The van der Waals surface area contributed by atoms with Crippen molar-refractivity contribution >= 4 is 11.0 Å². The van der Waals surface area contributed by atoms with Gasteiger partial charge < -0.3 is 15.2 Å². The summed E-state index contributed by atoms with van der Waals surface area (Å²) in [4.78, 5) is 20.4. The molecule has 0 aromatic carbocycles. The molecule has 100 valence electrons. The molecule has 0 saturated heterocycles. The van der Waals surface area contributed by atoms with Gasteiger partial charge in [0.25, 0.3) is 5.56 Å². The lowest BCUT2D eigenvalue weighted by molar-refractivity contribution is 0.0133. The number of H-pyrrole nitrogens is 2. The first kappa shape index (κ1) is 13.0. The molecule has 19 heavy (non-hydrogen) atoms. The number of hydrogen-bond donors (Lipinski definition) is 4. The van der Waals surface area contributed by atoms with Gasteiger partial charge in [0.1, 0.15) is 11.5 Å². The van der Waals surface area contributed by atoms with Gasteiger partial charge in [-0.3, -0.25) is 9.89 Å². The van der Waals surface area contributed by atoms with Gasteiger partial charge in [0, 0.05) is 11.5 Å². The number of aromatic amines is 2. The summed E-state index contributed by atoms with van der Waals surface area (Å²) in [7, 11) is 0. The smallest absolute Gasteiger partial charge is 0.262 e. The van der Waals surface area contributed by atoms with Crippen molar-refractivity contribution in [1.82, 2.24) is 20.2 Å². The molecule has 2 atom stereocenters. The van der Waals surface area contributed by atoms with E-state index in [0.29, 0.717) is 0 Å². The maximum absolute atomic E-state index is 11.6. The van der Waals surface area contributed by atoms with Gasteiger partial charge in [-0.25, -0.2) is 4.98 Å². The summed E-state index contributed by atoms with van der Waals surface area (Å²) in [6.07, 6.45) is -1.28. The van der Waals surface area contributed by atoms with E-state index < -0.39 is 17.8 Å². The highest BCUT2D eigenvalue weighted by molar-refractivity contribution is 5.76. The number of hydrogen-bond acceptors (Lipinski definition) is 6. The van der Waals surface area contributed by atoms with Crippen molar-refractivity contribution in [3.05, 3.63) is 32.8 Å². The fourth-order valence-corrected chi connectivity index (χ4v) is 1.69. The number of fused-ring (bicyclic) bond motifs is 1. The molecule has 0 radical (unpaired) electrons. The Kier molecular flexibility index (Phi) is 3.76. The molecule has 0 spiro atoms. The normalized spacial score (nSPS) is 14.0. The van der Waals surface area contributed by atoms with E-state index in [1.165, 1.54) is 6.33 Å². The van der Waals surface area contributed by atoms with Crippen molar-refractivity contribution in [1.29, 1.82) is 0 Å². The first-order valence-corrected chi connectivity index (χ1v) is 5.43. The second-order valence-electron chi connectivity index (χ2n) is 3.82. The van der Waals surface area contributed by atoms with E-state index in [0.717, 1.165) is 0 Å². The summed E-state index contributed by atoms with van der Waals surface area (Å²) in [5.41, 5.74) is 7.89. The largest absolute Gasteiger partial charge is 0.390 e. The Balaban J connectivity index is 2.28. The van der Waals surface area contributed by atoms with E-state index in [1.807, 2.05) is 0 Å². The van der Waals surface area contributed by atoms with Crippen LogP contribution in [0.5, 0.6) is 0 Å². The first-order chi connectivity index (χ1) is 9.15. The number of aromatic nitrogens is 4. The van der Waals surface area contributed by atoms with E-state index >= 15 is 0 Å². The van der Waals surface area contributed by atoms with E-state index in [4.69, 9.17) is 5.53 Å². The molecule has 10 nitrogen and oxygen atoms in total. The minimum absolute atomic E-state index is 0.0371. The Labute approximate surface area is 105 Å². The minimum atomic E-state index is -1.34. The average molecular weight is 265 g/mol. The summed E-state index contributed by atoms with van der Waals surface area (Å²) in [5, 5.41) is 29.3. The number of aliphatic hydroxyl groups is 2. The molecule has 0 aliphatic carbocycles. The fraction of sp³-hybridized carbons (Fsp3) is 0.444. The molecule has 2 heterocycles. The standard InChI is InChI=1S/C9H11N7O3/c10-16-13-2-1-4(17)7(18)6-5-8(15-14-6)11-3-12-9(5)19/h3-4,7,17-18H,1-2H2,(H2,11,12,14,15,19). The Bertz CT molecular complexity index is 672. The van der Waals surface area contributed by atoms with Gasteiger partial charge >= 0.3 is 0 Å². The van der Waals surface area contributed by atoms with E-state index in [1.54, 1.807) is 0 Å². The Morgan fingerprint density at radius 2 is 2.32 bits per heavy atom. The molecule has 10 heteroatoms. The van der Waals surface area contributed by atoms with Crippen LogP contribution in [0.4, 0.5) is 0 Å². The summed E-state index contributed by atoms with van der Waals surface area (Å²) < 4.78 is 0. The molecule has 2 aromatic heterocycles. The van der Waals surface area contributed by atoms with Crippen LogP contribution in [0.1, 0.15) is 18.2 Å². The average Bonchev–Trinajstić information content (AvgIpc) is 2.83. The van der Waals surface area contributed by atoms with Gasteiger partial charge in [-0.15, -0.1) is 0 Å². The highest BCUT2D eigenvalue weighted by Gasteiger charge is 2.24. The third kappa shape index (κ3) is 2.55. The van der Waals surface area contributed by atoms with Crippen LogP contribution >= 0.6 is 0 Å². The van der Waals surface area contributed by atoms with Crippen LogP contribution in [0, 0.1) is 0 Å². The molecule has 0 aliphatic heterocycles. The van der Waals surface area contributed by atoms with Gasteiger partial charge in [-0.2, -0.15) is 5.10 Å². The molecular formula is C9H11N7O3. The highest BCUT2D eigenvalue weighted by atomic mass is 16.3. The van der Waals surface area contributed by atoms with Crippen LogP contribution in [0.2, 0.25) is 0 Å². The van der Waals surface area contributed by atoms with Crippen LogP contribution in [-0.2, 0) is 0 Å². The van der Waals surface area contributed by atoms with Crippen LogP contribution in [0.25, 0.3) is 21.5 Å². The van der Waals surface area contributed by atoms with E-state index in [-0.39, 0.29) is 29.7 Å². The first-order valence-electron chi connectivity index (χ1n) is 5.43. The lowest BCUT2D eigenvalue weighted by atomic mass is 10.1. The monoisotopic (exact) mass is 265 g/mol. The zero-order chi connectivity index (χ0) is 13.8. The lowest BCUT2D eigenvalue weighted by Crippen LogP contribution is -2.21. The summed E-state index contributed by atoms with van der Waals surface area (Å²) in [6, 6.07) is 0. The van der Waals surface area contributed by atoms with Gasteiger partial charge in [0.05, 0.1) is 18.1 Å². The maximum Gasteiger partial charge on any atom is 0.262 e. The summed E-state index contributed by atoms with van der Waals surface area (Å²) in [5.74, 6) is 0. The molecule has 2 rings (SSSR count). The van der Waals surface area contributed by atoms with Crippen molar-refractivity contribution in [3.63, 3.8) is 0 Å². The van der Waals surface area contributed by atoms with Gasteiger partial charge in [-0.1, -0.05) is 5.11 Å². The lowest BCUT2D eigenvalue weighted by Gasteiger charge is -2.15. The Morgan fingerprint density at radius 3 is 3.05 bits per heavy atom. The van der Waals surface area contributed by atoms with E-state index in [2.05, 4.69) is 30.2 Å². The van der Waals surface area contributed by atoms with Crippen molar-refractivity contribution in [2.45, 2.75) is 18.6 Å². The van der Waals surface area contributed by atoms with Gasteiger partial charge in [0.2, 0.25) is 0 Å². The molecule has 4 N–H and O–H groups in total. The molecule has 0 saturated carbocycles. The molecule has 0 fully saturated rings. The predicted molar refractivity (Wildman–Crippen MR) is 64.1 cm³/mol. The molecule has 0 amide bonds. The highest BCUT2D eigenvalue weighted by Crippen LogP contribution is 2.21. The molecule has 0 bridgehead atoms. The molecule has 0 aliphatic rings. The fourth-order valence-electron chi connectivity index (χ4n) is 1.69. The number of nitrogens with one attached hydrogen (secondary N) is 2. The van der Waals surface area contributed by atoms with Crippen LogP contribution in [0.3, 0.4) is 0 Å². The van der Waals surface area contributed by atoms with Crippen LogP contribution < -0.4 is 5.56 Å². The molecular weight excluding hydrogens is 254 g/mol. The number of aliphatic hydroxyl groups excluding tert-OH is 2. The number of azide groups is 1. The number of rotatable bonds is 5. The van der Waals surface area contributed by atoms with Crippen LogP contribution in [0.15, 0.2) is 16.2 Å². The third-order valence-electron chi connectivity index (χ3n) is 2.63. The van der Waals surface area contributed by atoms with Crippen molar-refractivity contribution in [3.8, 4) is 0 Å². The third-order valence-corrected chi connectivity index (χ3v) is 2.63. The zero-order valence-electron chi connectivity index (χ0n) is 9.69. The Hall–Kier alpha value is -2.42. The van der Waals surface area contributed by atoms with Crippen molar-refractivity contribution in [2.75, 3.05) is 6.54 Å². The molecule has 2 aromatic rings. The zero-order valence-corrected chi connectivity index (χ0v) is 9.69. The second-order valence-corrected chi connectivity index (χ2v) is 3.82. The van der Waals surface area contributed by atoms with Gasteiger partial charge in [0.15, 0.2) is 5.65 Å². The van der Waals surface area contributed by atoms with Crippen molar-refractivity contribution < 1.29 is 10.2 Å². The summed E-state index contributed by atoms with van der Waals surface area (Å²) >= 11 is 0. The van der Waals surface area contributed by atoms with Gasteiger partial charge in [-0.05, 0) is 12.0 Å². The second kappa shape index (κ2) is 5.48. The topological polar surface area (TPSA) is 164 Å². The van der Waals surface area contributed by atoms with Crippen molar-refractivity contribution in [2.24, 2.45) is 5.11 Å². The quantitative estimate of drug-likeness (QED) is 0.332.